The van der Waals surface area contributed by atoms with Crippen LogP contribution in [0.15, 0.2) is 18.2 Å². The van der Waals surface area contributed by atoms with Crippen molar-refractivity contribution in [2.45, 2.75) is 46.2 Å². The number of para-hydroxylation sites is 1. The van der Waals surface area contributed by atoms with Crippen molar-refractivity contribution in [1.29, 1.82) is 0 Å². The third-order valence-corrected chi connectivity index (χ3v) is 2.74. The molecule has 0 radical (unpaired) electrons. The Bertz CT molecular complexity index is 402. The fraction of sp³-hybridized carbons (Fsp3) is 0.625. The van der Waals surface area contributed by atoms with Crippen molar-refractivity contribution in [2.24, 2.45) is 0 Å². The van der Waals surface area contributed by atoms with Gasteiger partial charge in [0.1, 0.15) is 0 Å². The number of benzene rings is 1. The molecule has 0 aliphatic rings. The zero-order chi connectivity index (χ0) is 15.0. The van der Waals surface area contributed by atoms with E-state index in [1.165, 1.54) is 6.07 Å². The molecule has 0 fully saturated rings. The SMILES string of the molecule is CCOCCCOc1c(F)cccc1CNC(C)(C)C. The second-order valence-corrected chi connectivity index (χ2v) is 5.73. The van der Waals surface area contributed by atoms with Crippen molar-refractivity contribution >= 4 is 0 Å². The summed E-state index contributed by atoms with van der Waals surface area (Å²) >= 11 is 0. The number of rotatable bonds is 8. The van der Waals surface area contributed by atoms with Crippen LogP contribution in [0.3, 0.4) is 0 Å². The van der Waals surface area contributed by atoms with Gasteiger partial charge in [0.15, 0.2) is 11.6 Å². The van der Waals surface area contributed by atoms with E-state index in [0.29, 0.717) is 32.1 Å². The van der Waals surface area contributed by atoms with Gasteiger partial charge in [-0.3, -0.25) is 0 Å². The molecule has 0 aliphatic carbocycles. The highest BCUT2D eigenvalue weighted by molar-refractivity contribution is 5.35. The zero-order valence-electron chi connectivity index (χ0n) is 13.0. The van der Waals surface area contributed by atoms with E-state index in [-0.39, 0.29) is 11.4 Å². The minimum atomic E-state index is -0.311. The number of ether oxygens (including phenoxy) is 2. The second-order valence-electron chi connectivity index (χ2n) is 5.73. The largest absolute Gasteiger partial charge is 0.490 e. The highest BCUT2D eigenvalue weighted by Gasteiger charge is 2.13. The lowest BCUT2D eigenvalue weighted by Crippen LogP contribution is -2.35. The first-order chi connectivity index (χ1) is 9.44. The molecule has 3 nitrogen and oxygen atoms in total. The lowest BCUT2D eigenvalue weighted by molar-refractivity contribution is 0.129. The van der Waals surface area contributed by atoms with Gasteiger partial charge in [-0.15, -0.1) is 0 Å². The van der Waals surface area contributed by atoms with Crippen molar-refractivity contribution in [3.63, 3.8) is 0 Å². The second kappa shape index (κ2) is 8.22. The van der Waals surface area contributed by atoms with Gasteiger partial charge in [0.25, 0.3) is 0 Å². The monoisotopic (exact) mass is 283 g/mol. The molecule has 1 aromatic carbocycles. The molecule has 1 N–H and O–H groups in total. The Morgan fingerprint density at radius 3 is 2.60 bits per heavy atom. The first-order valence-electron chi connectivity index (χ1n) is 7.17. The number of hydrogen-bond donors (Lipinski definition) is 1. The van der Waals surface area contributed by atoms with Crippen LogP contribution in [0.2, 0.25) is 0 Å². The molecule has 0 saturated heterocycles. The zero-order valence-corrected chi connectivity index (χ0v) is 13.0. The van der Waals surface area contributed by atoms with E-state index in [1.54, 1.807) is 6.07 Å². The Kier molecular flexibility index (Phi) is 6.96. The molecule has 0 aromatic heterocycles. The molecular formula is C16H26FNO2. The Hall–Kier alpha value is -1.13. The van der Waals surface area contributed by atoms with Gasteiger partial charge in [-0.05, 0) is 33.8 Å². The summed E-state index contributed by atoms with van der Waals surface area (Å²) < 4.78 is 24.7. The molecule has 0 aliphatic heterocycles. The lowest BCUT2D eigenvalue weighted by Gasteiger charge is -2.21. The predicted molar refractivity (Wildman–Crippen MR) is 79.6 cm³/mol. The topological polar surface area (TPSA) is 30.5 Å². The van der Waals surface area contributed by atoms with Crippen LogP contribution in [0.25, 0.3) is 0 Å². The maximum atomic E-state index is 13.9. The van der Waals surface area contributed by atoms with Crippen LogP contribution in [0.5, 0.6) is 5.75 Å². The molecule has 4 heteroatoms. The quantitative estimate of drug-likeness (QED) is 0.740. The van der Waals surface area contributed by atoms with E-state index < -0.39 is 0 Å². The van der Waals surface area contributed by atoms with Crippen LogP contribution in [0.1, 0.15) is 39.7 Å². The van der Waals surface area contributed by atoms with E-state index in [1.807, 2.05) is 13.0 Å². The van der Waals surface area contributed by atoms with E-state index in [4.69, 9.17) is 9.47 Å². The summed E-state index contributed by atoms with van der Waals surface area (Å²) in [5.41, 5.74) is 0.829. The number of nitrogens with one attached hydrogen (secondary N) is 1. The molecule has 0 atom stereocenters. The van der Waals surface area contributed by atoms with Gasteiger partial charge in [0, 0.05) is 37.3 Å². The first-order valence-corrected chi connectivity index (χ1v) is 7.17. The minimum Gasteiger partial charge on any atom is -0.490 e. The van der Waals surface area contributed by atoms with Gasteiger partial charge >= 0.3 is 0 Å². The number of halogens is 1. The lowest BCUT2D eigenvalue weighted by atomic mass is 10.1. The van der Waals surface area contributed by atoms with Crippen LogP contribution in [0, 0.1) is 5.82 Å². The predicted octanol–water partition coefficient (Wildman–Crippen LogP) is 3.52. The summed E-state index contributed by atoms with van der Waals surface area (Å²) in [4.78, 5) is 0. The minimum absolute atomic E-state index is 0.0153. The van der Waals surface area contributed by atoms with E-state index in [2.05, 4.69) is 26.1 Å². The van der Waals surface area contributed by atoms with Gasteiger partial charge in [-0.1, -0.05) is 12.1 Å². The summed E-state index contributed by atoms with van der Waals surface area (Å²) in [6, 6.07) is 5.03. The highest BCUT2D eigenvalue weighted by Crippen LogP contribution is 2.23. The van der Waals surface area contributed by atoms with Gasteiger partial charge in [0.2, 0.25) is 0 Å². The van der Waals surface area contributed by atoms with Gasteiger partial charge in [0.05, 0.1) is 6.61 Å². The average molecular weight is 283 g/mol. The molecule has 0 heterocycles. The van der Waals surface area contributed by atoms with Crippen LogP contribution in [0.4, 0.5) is 4.39 Å². The molecule has 0 unspecified atom stereocenters. The van der Waals surface area contributed by atoms with E-state index in [0.717, 1.165) is 12.0 Å². The molecule has 1 aromatic rings. The first kappa shape index (κ1) is 16.9. The molecular weight excluding hydrogens is 257 g/mol. The maximum absolute atomic E-state index is 13.9. The summed E-state index contributed by atoms with van der Waals surface area (Å²) in [6.07, 6.45) is 0.758. The smallest absolute Gasteiger partial charge is 0.165 e. The van der Waals surface area contributed by atoms with Crippen molar-refractivity contribution < 1.29 is 13.9 Å². The molecule has 0 saturated carbocycles. The van der Waals surface area contributed by atoms with E-state index in [9.17, 15) is 4.39 Å². The fourth-order valence-corrected chi connectivity index (χ4v) is 1.69. The molecule has 0 spiro atoms. The van der Waals surface area contributed by atoms with Gasteiger partial charge in [-0.2, -0.15) is 0 Å². The van der Waals surface area contributed by atoms with Gasteiger partial charge in [-0.25, -0.2) is 4.39 Å². The summed E-state index contributed by atoms with van der Waals surface area (Å²) in [5, 5.41) is 3.35. The average Bonchev–Trinajstić information content (AvgIpc) is 2.37. The molecule has 20 heavy (non-hydrogen) atoms. The Balaban J connectivity index is 2.59. The van der Waals surface area contributed by atoms with E-state index >= 15 is 0 Å². The summed E-state index contributed by atoms with van der Waals surface area (Å²) in [6.45, 7) is 10.6. The molecule has 0 amide bonds. The van der Waals surface area contributed by atoms with Crippen LogP contribution in [-0.2, 0) is 11.3 Å². The molecule has 0 bridgehead atoms. The third-order valence-electron chi connectivity index (χ3n) is 2.74. The van der Waals surface area contributed by atoms with Crippen molar-refractivity contribution in [2.75, 3.05) is 19.8 Å². The summed E-state index contributed by atoms with van der Waals surface area (Å²) in [5.74, 6) is 0.0374. The summed E-state index contributed by atoms with van der Waals surface area (Å²) in [7, 11) is 0. The van der Waals surface area contributed by atoms with Crippen molar-refractivity contribution in [3.8, 4) is 5.75 Å². The number of hydrogen-bond acceptors (Lipinski definition) is 3. The molecule has 114 valence electrons. The standard InChI is InChI=1S/C16H26FNO2/c1-5-19-10-7-11-20-15-13(8-6-9-14(15)17)12-18-16(2,3)4/h6,8-9,18H,5,7,10-12H2,1-4H3. The highest BCUT2D eigenvalue weighted by atomic mass is 19.1. The third kappa shape index (κ3) is 6.35. The van der Waals surface area contributed by atoms with Crippen molar-refractivity contribution in [1.82, 2.24) is 5.32 Å². The fourth-order valence-electron chi connectivity index (χ4n) is 1.69. The maximum Gasteiger partial charge on any atom is 0.165 e. The van der Waals surface area contributed by atoms with Crippen molar-refractivity contribution in [3.05, 3.63) is 29.6 Å². The molecule has 1 rings (SSSR count). The Labute approximate surface area is 121 Å². The Morgan fingerprint density at radius 2 is 1.95 bits per heavy atom. The van der Waals surface area contributed by atoms with Crippen LogP contribution >= 0.6 is 0 Å². The van der Waals surface area contributed by atoms with Gasteiger partial charge < -0.3 is 14.8 Å². The van der Waals surface area contributed by atoms with Crippen LogP contribution < -0.4 is 10.1 Å². The normalized spacial score (nSPS) is 11.7. The van der Waals surface area contributed by atoms with Crippen LogP contribution in [-0.4, -0.2) is 25.4 Å². The Morgan fingerprint density at radius 1 is 1.20 bits per heavy atom.